The number of carboxylic acids is 1. The van der Waals surface area contributed by atoms with Crippen molar-refractivity contribution >= 4 is 5.97 Å². The molecule has 0 aliphatic rings. The van der Waals surface area contributed by atoms with Crippen LogP contribution in [0.2, 0.25) is 0 Å². The minimum atomic E-state index is -0.741. The maximum atomic E-state index is 11.3. The van der Waals surface area contributed by atoms with E-state index in [4.69, 9.17) is 0 Å². The van der Waals surface area contributed by atoms with Crippen molar-refractivity contribution in [2.75, 3.05) is 0 Å². The monoisotopic (exact) mass is 468 g/mol. The van der Waals surface area contributed by atoms with Crippen LogP contribution in [-0.4, -0.2) is 21.8 Å². The van der Waals surface area contributed by atoms with E-state index in [0.717, 1.165) is 25.7 Å². The van der Waals surface area contributed by atoms with Crippen molar-refractivity contribution in [3.05, 3.63) is 0 Å². The first-order chi connectivity index (χ1) is 15.9. The smallest absolute Gasteiger partial charge is 0.306 e. The molecule has 0 aliphatic heterocycles. The molecule has 0 aliphatic carbocycles. The van der Waals surface area contributed by atoms with Gasteiger partial charge in [0.05, 0.1) is 11.5 Å². The SMILES string of the molecule is CCCCCCCCCCCCC(O)(CCCCCCCCCCCC)CCC(C)C(=O)O. The molecule has 198 valence electrons. The molecule has 0 radical (unpaired) electrons. The van der Waals surface area contributed by atoms with Crippen molar-refractivity contribution in [3.8, 4) is 0 Å². The van der Waals surface area contributed by atoms with Gasteiger partial charge in [0, 0.05) is 0 Å². The van der Waals surface area contributed by atoms with Gasteiger partial charge in [-0.1, -0.05) is 149 Å². The van der Waals surface area contributed by atoms with E-state index in [1.165, 1.54) is 116 Å². The molecule has 0 saturated carbocycles. The Kier molecular flexibility index (Phi) is 22.8. The highest BCUT2D eigenvalue weighted by molar-refractivity contribution is 5.69. The molecule has 0 amide bonds. The maximum absolute atomic E-state index is 11.3. The second kappa shape index (κ2) is 23.2. The highest BCUT2D eigenvalue weighted by Gasteiger charge is 2.27. The molecule has 0 heterocycles. The van der Waals surface area contributed by atoms with Crippen LogP contribution in [-0.2, 0) is 4.79 Å². The average Bonchev–Trinajstić information content (AvgIpc) is 2.80. The Morgan fingerprint density at radius 2 is 0.879 bits per heavy atom. The summed E-state index contributed by atoms with van der Waals surface area (Å²) in [5, 5.41) is 20.5. The summed E-state index contributed by atoms with van der Waals surface area (Å²) in [6.07, 6.45) is 29.0. The van der Waals surface area contributed by atoms with E-state index in [0.29, 0.717) is 12.8 Å². The summed E-state index contributed by atoms with van der Waals surface area (Å²) in [6, 6.07) is 0. The standard InChI is InChI=1S/C30H60O3/c1-4-6-8-10-12-14-16-18-20-22-25-30(33,27-24-28(3)29(31)32)26-23-21-19-17-15-13-11-9-7-5-2/h28,33H,4-27H2,1-3H3,(H,31,32). The molecule has 0 bridgehead atoms. The Balaban J connectivity index is 4.06. The van der Waals surface area contributed by atoms with Gasteiger partial charge in [-0.3, -0.25) is 4.79 Å². The van der Waals surface area contributed by atoms with Gasteiger partial charge in [0.2, 0.25) is 0 Å². The summed E-state index contributed by atoms with van der Waals surface area (Å²) in [6.45, 7) is 6.30. The fourth-order valence-electron chi connectivity index (χ4n) is 4.87. The summed E-state index contributed by atoms with van der Waals surface area (Å²) in [7, 11) is 0. The van der Waals surface area contributed by atoms with Crippen LogP contribution in [0.3, 0.4) is 0 Å². The molecule has 0 aromatic rings. The highest BCUT2D eigenvalue weighted by atomic mass is 16.4. The molecule has 2 N–H and O–H groups in total. The molecule has 0 fully saturated rings. The van der Waals surface area contributed by atoms with Crippen LogP contribution in [0.5, 0.6) is 0 Å². The molecule has 3 nitrogen and oxygen atoms in total. The first-order valence-corrected chi connectivity index (χ1v) is 14.9. The second-order valence-electron chi connectivity index (χ2n) is 10.9. The zero-order chi connectivity index (χ0) is 24.6. The minimum Gasteiger partial charge on any atom is -0.481 e. The van der Waals surface area contributed by atoms with Crippen molar-refractivity contribution in [1.29, 1.82) is 0 Å². The third kappa shape index (κ3) is 21.7. The van der Waals surface area contributed by atoms with Gasteiger partial charge in [-0.05, 0) is 25.7 Å². The largest absolute Gasteiger partial charge is 0.481 e. The zero-order valence-electron chi connectivity index (χ0n) is 22.9. The number of hydrogen-bond donors (Lipinski definition) is 2. The summed E-state index contributed by atoms with van der Waals surface area (Å²) < 4.78 is 0. The van der Waals surface area contributed by atoms with Crippen molar-refractivity contribution in [3.63, 3.8) is 0 Å². The van der Waals surface area contributed by atoms with E-state index in [2.05, 4.69) is 13.8 Å². The van der Waals surface area contributed by atoms with Gasteiger partial charge in [0.15, 0.2) is 0 Å². The lowest BCUT2D eigenvalue weighted by Crippen LogP contribution is -2.30. The van der Waals surface area contributed by atoms with E-state index in [1.54, 1.807) is 6.92 Å². The third-order valence-corrected chi connectivity index (χ3v) is 7.46. The molecule has 0 aromatic heterocycles. The van der Waals surface area contributed by atoms with E-state index in [-0.39, 0.29) is 5.92 Å². The second-order valence-corrected chi connectivity index (χ2v) is 10.9. The quantitative estimate of drug-likeness (QED) is 0.124. The lowest BCUT2D eigenvalue weighted by molar-refractivity contribution is -0.141. The summed E-state index contributed by atoms with van der Waals surface area (Å²) in [5.74, 6) is -1.10. The van der Waals surface area contributed by atoms with Crippen LogP contribution in [0.1, 0.15) is 175 Å². The van der Waals surface area contributed by atoms with Crippen LogP contribution in [0.15, 0.2) is 0 Å². The predicted molar refractivity (Wildman–Crippen MR) is 144 cm³/mol. The fraction of sp³-hybridized carbons (Fsp3) is 0.967. The summed E-state index contributed by atoms with van der Waals surface area (Å²) in [4.78, 5) is 11.2. The molecular formula is C30H60O3. The Morgan fingerprint density at radius 3 is 1.18 bits per heavy atom. The fourth-order valence-corrected chi connectivity index (χ4v) is 4.87. The minimum absolute atomic E-state index is 0.364. The van der Waals surface area contributed by atoms with E-state index in [9.17, 15) is 15.0 Å². The number of carbonyl (C=O) groups is 1. The van der Waals surface area contributed by atoms with Crippen LogP contribution < -0.4 is 0 Å². The number of aliphatic carboxylic acids is 1. The highest BCUT2D eigenvalue weighted by Crippen LogP contribution is 2.29. The van der Waals surface area contributed by atoms with Crippen LogP contribution in [0.4, 0.5) is 0 Å². The Labute approximate surface area is 207 Å². The van der Waals surface area contributed by atoms with Crippen molar-refractivity contribution in [1.82, 2.24) is 0 Å². The van der Waals surface area contributed by atoms with Gasteiger partial charge in [-0.25, -0.2) is 0 Å². The van der Waals surface area contributed by atoms with Crippen LogP contribution in [0.25, 0.3) is 0 Å². The van der Waals surface area contributed by atoms with Crippen LogP contribution in [0, 0.1) is 5.92 Å². The molecule has 0 aromatic carbocycles. The van der Waals surface area contributed by atoms with Crippen LogP contribution >= 0.6 is 0 Å². The maximum Gasteiger partial charge on any atom is 0.306 e. The lowest BCUT2D eigenvalue weighted by Gasteiger charge is -2.29. The Hall–Kier alpha value is -0.570. The lowest BCUT2D eigenvalue weighted by atomic mass is 9.84. The first-order valence-electron chi connectivity index (χ1n) is 14.9. The van der Waals surface area contributed by atoms with Crippen molar-refractivity contribution in [2.45, 2.75) is 180 Å². The topological polar surface area (TPSA) is 57.5 Å². The van der Waals surface area contributed by atoms with Gasteiger partial charge < -0.3 is 10.2 Å². The van der Waals surface area contributed by atoms with Gasteiger partial charge in [-0.15, -0.1) is 0 Å². The Morgan fingerprint density at radius 1 is 0.576 bits per heavy atom. The zero-order valence-corrected chi connectivity index (χ0v) is 22.9. The third-order valence-electron chi connectivity index (χ3n) is 7.46. The number of rotatable bonds is 26. The molecule has 3 heteroatoms. The van der Waals surface area contributed by atoms with E-state index in [1.807, 2.05) is 0 Å². The molecule has 0 rings (SSSR count). The number of hydrogen-bond acceptors (Lipinski definition) is 2. The molecule has 1 atom stereocenters. The number of carboxylic acid groups (broad SMARTS) is 1. The molecular weight excluding hydrogens is 408 g/mol. The molecule has 0 spiro atoms. The van der Waals surface area contributed by atoms with E-state index < -0.39 is 11.6 Å². The normalized spacial score (nSPS) is 12.8. The van der Waals surface area contributed by atoms with Crippen molar-refractivity contribution < 1.29 is 15.0 Å². The van der Waals surface area contributed by atoms with Gasteiger partial charge >= 0.3 is 5.97 Å². The van der Waals surface area contributed by atoms with Gasteiger partial charge in [0.25, 0.3) is 0 Å². The molecule has 33 heavy (non-hydrogen) atoms. The van der Waals surface area contributed by atoms with E-state index >= 15 is 0 Å². The Bertz CT molecular complexity index is 397. The van der Waals surface area contributed by atoms with Gasteiger partial charge in [-0.2, -0.15) is 0 Å². The number of aliphatic hydroxyl groups is 1. The first kappa shape index (κ1) is 32.4. The van der Waals surface area contributed by atoms with Gasteiger partial charge in [0.1, 0.15) is 0 Å². The molecule has 1 unspecified atom stereocenters. The number of unbranched alkanes of at least 4 members (excludes halogenated alkanes) is 18. The molecule has 0 saturated heterocycles. The van der Waals surface area contributed by atoms with Crippen molar-refractivity contribution in [2.24, 2.45) is 5.92 Å². The average molecular weight is 469 g/mol. The predicted octanol–water partition coefficient (Wildman–Crippen LogP) is 9.84. The summed E-state index contributed by atoms with van der Waals surface area (Å²) >= 11 is 0. The summed E-state index contributed by atoms with van der Waals surface area (Å²) in [5.41, 5.74) is -0.663.